The molecule has 0 spiro atoms. The molecule has 0 heterocycles. The van der Waals surface area contributed by atoms with Crippen LogP contribution in [0.25, 0.3) is 0 Å². The molecule has 0 N–H and O–H groups in total. The van der Waals surface area contributed by atoms with E-state index in [1.54, 1.807) is 0 Å². The first-order valence-corrected chi connectivity index (χ1v) is 4.40. The van der Waals surface area contributed by atoms with Crippen molar-refractivity contribution in [1.29, 1.82) is 0 Å². The van der Waals surface area contributed by atoms with Crippen LogP contribution < -0.4 is 0 Å². The zero-order valence-electron chi connectivity index (χ0n) is 9.10. The van der Waals surface area contributed by atoms with Gasteiger partial charge in [0.1, 0.15) is 0 Å². The van der Waals surface area contributed by atoms with E-state index in [2.05, 4.69) is 14.2 Å². The summed E-state index contributed by atoms with van der Waals surface area (Å²) in [5, 5.41) is 0. The van der Waals surface area contributed by atoms with Crippen LogP contribution in [0.1, 0.15) is 6.92 Å². The van der Waals surface area contributed by atoms with Gasteiger partial charge < -0.3 is 14.2 Å². The van der Waals surface area contributed by atoms with E-state index in [1.165, 1.54) is 0 Å². The van der Waals surface area contributed by atoms with Crippen LogP contribution in [0.15, 0.2) is 0 Å². The molecule has 0 aliphatic carbocycles. The van der Waals surface area contributed by atoms with Crippen molar-refractivity contribution in [2.75, 3.05) is 13.2 Å². The molecule has 0 aliphatic heterocycles. The standard InChI is InChI=1S/C11H10O6/c1-4-6-15-10(13)9(17-8(3)12)11(14)16-7-5-2/h1-2,9H,6-7H2,3H3. The van der Waals surface area contributed by atoms with Crippen LogP contribution in [0.3, 0.4) is 0 Å². The molecule has 0 aromatic heterocycles. The molecule has 0 saturated carbocycles. The number of esters is 3. The van der Waals surface area contributed by atoms with Gasteiger partial charge in [-0.15, -0.1) is 12.8 Å². The normalized spacial score (nSPS) is 8.71. The topological polar surface area (TPSA) is 78.9 Å². The Bertz CT molecular complexity index is 354. The lowest BCUT2D eigenvalue weighted by atomic mass is 10.3. The first-order chi connectivity index (χ1) is 8.02. The highest BCUT2D eigenvalue weighted by Crippen LogP contribution is 2.00. The second kappa shape index (κ2) is 7.77. The van der Waals surface area contributed by atoms with Crippen molar-refractivity contribution >= 4 is 17.9 Å². The van der Waals surface area contributed by atoms with Crippen molar-refractivity contribution in [3.8, 4) is 24.7 Å². The molecule has 0 fully saturated rings. The number of ether oxygens (including phenoxy) is 3. The highest BCUT2D eigenvalue weighted by atomic mass is 16.6. The van der Waals surface area contributed by atoms with Crippen LogP contribution in [0.4, 0.5) is 0 Å². The number of carbonyl (C=O) groups excluding carboxylic acids is 3. The minimum absolute atomic E-state index is 0.348. The van der Waals surface area contributed by atoms with E-state index in [0.29, 0.717) is 0 Å². The maximum Gasteiger partial charge on any atom is 0.360 e. The van der Waals surface area contributed by atoms with Crippen LogP contribution in [-0.4, -0.2) is 37.2 Å². The highest BCUT2D eigenvalue weighted by molar-refractivity contribution is 5.99. The molecule has 0 saturated heterocycles. The molecule has 0 rings (SSSR count). The fourth-order valence-corrected chi connectivity index (χ4v) is 0.735. The Kier molecular flexibility index (Phi) is 6.64. The summed E-state index contributed by atoms with van der Waals surface area (Å²) in [6.07, 6.45) is 7.90. The summed E-state index contributed by atoms with van der Waals surface area (Å²) in [6.45, 7) is 0.327. The second-order valence-corrected chi connectivity index (χ2v) is 2.61. The third-order valence-electron chi connectivity index (χ3n) is 1.31. The summed E-state index contributed by atoms with van der Waals surface area (Å²) >= 11 is 0. The van der Waals surface area contributed by atoms with E-state index in [-0.39, 0.29) is 13.2 Å². The molecule has 6 nitrogen and oxygen atoms in total. The van der Waals surface area contributed by atoms with Crippen molar-refractivity contribution in [3.05, 3.63) is 0 Å². The monoisotopic (exact) mass is 238 g/mol. The van der Waals surface area contributed by atoms with Gasteiger partial charge in [0.05, 0.1) is 0 Å². The maximum absolute atomic E-state index is 11.3. The van der Waals surface area contributed by atoms with Gasteiger partial charge in [-0.3, -0.25) is 4.79 Å². The van der Waals surface area contributed by atoms with Crippen LogP contribution in [0.2, 0.25) is 0 Å². The summed E-state index contributed by atoms with van der Waals surface area (Å²) in [4.78, 5) is 33.3. The van der Waals surface area contributed by atoms with E-state index < -0.39 is 24.0 Å². The lowest BCUT2D eigenvalue weighted by Crippen LogP contribution is -2.37. The quantitative estimate of drug-likeness (QED) is 0.272. The molecule has 0 aliphatic rings. The van der Waals surface area contributed by atoms with E-state index >= 15 is 0 Å². The molecular weight excluding hydrogens is 228 g/mol. The number of terminal acetylenes is 2. The Morgan fingerprint density at radius 2 is 1.47 bits per heavy atom. The molecular formula is C11H10O6. The zero-order chi connectivity index (χ0) is 13.3. The van der Waals surface area contributed by atoms with Crippen LogP contribution in [0.5, 0.6) is 0 Å². The van der Waals surface area contributed by atoms with Crippen molar-refractivity contribution in [2.45, 2.75) is 13.0 Å². The van der Waals surface area contributed by atoms with E-state index in [1.807, 2.05) is 11.8 Å². The predicted molar refractivity (Wildman–Crippen MR) is 55.1 cm³/mol. The van der Waals surface area contributed by atoms with Gasteiger partial charge in [-0.25, -0.2) is 9.59 Å². The molecule has 0 aromatic carbocycles. The van der Waals surface area contributed by atoms with Gasteiger partial charge in [-0.1, -0.05) is 11.8 Å². The lowest BCUT2D eigenvalue weighted by molar-refractivity contribution is -0.178. The minimum atomic E-state index is -1.81. The fourth-order valence-electron chi connectivity index (χ4n) is 0.735. The van der Waals surface area contributed by atoms with Crippen LogP contribution in [-0.2, 0) is 28.6 Å². The second-order valence-electron chi connectivity index (χ2n) is 2.61. The van der Waals surface area contributed by atoms with Crippen molar-refractivity contribution in [3.63, 3.8) is 0 Å². The van der Waals surface area contributed by atoms with Crippen molar-refractivity contribution in [2.24, 2.45) is 0 Å². The number of hydrogen-bond acceptors (Lipinski definition) is 6. The lowest BCUT2D eigenvalue weighted by Gasteiger charge is -2.13. The van der Waals surface area contributed by atoms with Crippen LogP contribution in [0, 0.1) is 24.7 Å². The fraction of sp³-hybridized carbons (Fsp3) is 0.364. The van der Waals surface area contributed by atoms with Gasteiger partial charge in [-0.2, -0.15) is 0 Å². The summed E-state index contributed by atoms with van der Waals surface area (Å²) in [6, 6.07) is 0. The van der Waals surface area contributed by atoms with E-state index in [4.69, 9.17) is 12.8 Å². The predicted octanol–water partition coefficient (Wildman–Crippen LogP) is -0.729. The van der Waals surface area contributed by atoms with Gasteiger partial charge in [0.15, 0.2) is 13.2 Å². The summed E-state index contributed by atoms with van der Waals surface area (Å²) in [5.41, 5.74) is 0. The first kappa shape index (κ1) is 14.5. The van der Waals surface area contributed by atoms with Crippen molar-refractivity contribution < 1.29 is 28.6 Å². The van der Waals surface area contributed by atoms with Gasteiger partial charge in [-0.05, 0) is 0 Å². The number of rotatable bonds is 5. The molecule has 0 aromatic rings. The Morgan fingerprint density at radius 3 is 1.76 bits per heavy atom. The minimum Gasteiger partial charge on any atom is -0.449 e. The first-order valence-electron chi connectivity index (χ1n) is 4.40. The van der Waals surface area contributed by atoms with E-state index in [0.717, 1.165) is 6.92 Å². The van der Waals surface area contributed by atoms with Crippen molar-refractivity contribution in [1.82, 2.24) is 0 Å². The molecule has 0 amide bonds. The zero-order valence-corrected chi connectivity index (χ0v) is 9.10. The van der Waals surface area contributed by atoms with Gasteiger partial charge in [0, 0.05) is 6.92 Å². The smallest absolute Gasteiger partial charge is 0.360 e. The van der Waals surface area contributed by atoms with Gasteiger partial charge in [0.2, 0.25) is 0 Å². The SMILES string of the molecule is C#CCOC(=O)C(OC(C)=O)C(=O)OCC#C. The average molecular weight is 238 g/mol. The van der Waals surface area contributed by atoms with Gasteiger partial charge in [0.25, 0.3) is 6.10 Å². The third kappa shape index (κ3) is 5.85. The number of hydrogen-bond donors (Lipinski definition) is 0. The summed E-state index contributed by atoms with van der Waals surface area (Å²) in [7, 11) is 0. The summed E-state index contributed by atoms with van der Waals surface area (Å²) in [5.74, 6) is 0.978. The molecule has 0 atom stereocenters. The maximum atomic E-state index is 11.3. The molecule has 6 heteroatoms. The molecule has 17 heavy (non-hydrogen) atoms. The average Bonchev–Trinajstić information content (AvgIpc) is 2.29. The Labute approximate surface area is 98.2 Å². The highest BCUT2D eigenvalue weighted by Gasteiger charge is 2.32. The Hall–Kier alpha value is -2.47. The Morgan fingerprint density at radius 1 is 1.06 bits per heavy atom. The third-order valence-corrected chi connectivity index (χ3v) is 1.31. The van der Waals surface area contributed by atoms with Crippen LogP contribution >= 0.6 is 0 Å². The molecule has 0 bridgehead atoms. The molecule has 0 unspecified atom stereocenters. The largest absolute Gasteiger partial charge is 0.449 e. The molecule has 90 valence electrons. The van der Waals surface area contributed by atoms with Gasteiger partial charge >= 0.3 is 17.9 Å². The Balaban J connectivity index is 4.58. The van der Waals surface area contributed by atoms with E-state index in [9.17, 15) is 14.4 Å². The number of carbonyl (C=O) groups is 3. The summed E-state index contributed by atoms with van der Waals surface area (Å²) < 4.78 is 13.3. The molecule has 0 radical (unpaired) electrons.